The molecule has 1 aliphatic rings. The molecule has 1 saturated heterocycles. The second-order valence-electron chi connectivity index (χ2n) is 7.44. The Hall–Kier alpha value is -2.19. The molecule has 0 bridgehead atoms. The predicted octanol–water partition coefficient (Wildman–Crippen LogP) is 5.98. The van der Waals surface area contributed by atoms with Gasteiger partial charge in [-0.05, 0) is 41.5 Å². The minimum absolute atomic E-state index is 0. The lowest BCUT2D eigenvalue weighted by Gasteiger charge is -2.37. The van der Waals surface area contributed by atoms with Crippen molar-refractivity contribution in [1.29, 1.82) is 0 Å². The highest BCUT2D eigenvalue weighted by Gasteiger charge is 2.32. The first kappa shape index (κ1) is 27.1. The molecule has 0 amide bonds. The Balaban J connectivity index is 0.00000193. The maximum absolute atomic E-state index is 12.6. The van der Waals surface area contributed by atoms with Gasteiger partial charge in [0.15, 0.2) is 0 Å². The number of fused-ring (bicyclic) bond motifs is 1. The molecule has 0 unspecified atom stereocenters. The molecule has 0 aliphatic carbocycles. The van der Waals surface area contributed by atoms with E-state index < -0.39 is 6.36 Å². The van der Waals surface area contributed by atoms with Crippen molar-refractivity contribution in [3.05, 3.63) is 71.8 Å². The molecule has 1 aliphatic heterocycles. The number of piperazine rings is 1. The Labute approximate surface area is 203 Å². The molecule has 1 N–H and O–H groups in total. The minimum atomic E-state index is -4.71. The number of rotatable bonds is 6. The fourth-order valence-corrected chi connectivity index (χ4v) is 4.19. The molecule has 1 heterocycles. The standard InChI is InChI=1S/C24H25F3N2O2.2ClH/c1-2-30-21-12-9-17-5-3-4-6-20(17)22(21)23(29-15-13-28-14-16-29)18-7-10-19(11-8-18)31-24(25,26)27;;/h3-12,23,28H,2,13-16H2,1H3;2*1H/t23-;;/m0../s1. The molecule has 4 nitrogen and oxygen atoms in total. The Bertz CT molecular complexity index is 1030. The topological polar surface area (TPSA) is 33.7 Å². The van der Waals surface area contributed by atoms with Crippen LogP contribution in [0, 0.1) is 0 Å². The second kappa shape index (κ2) is 11.8. The summed E-state index contributed by atoms with van der Waals surface area (Å²) in [6.45, 7) is 5.81. The first-order chi connectivity index (χ1) is 15.0. The molecule has 180 valence electrons. The van der Waals surface area contributed by atoms with Gasteiger partial charge in [0.2, 0.25) is 0 Å². The van der Waals surface area contributed by atoms with Gasteiger partial charge < -0.3 is 14.8 Å². The van der Waals surface area contributed by atoms with Crippen LogP contribution in [0.1, 0.15) is 24.1 Å². The summed E-state index contributed by atoms with van der Waals surface area (Å²) < 4.78 is 47.9. The molecule has 1 fully saturated rings. The Morgan fingerprint density at radius 3 is 2.24 bits per heavy atom. The van der Waals surface area contributed by atoms with E-state index in [9.17, 15) is 13.2 Å². The van der Waals surface area contributed by atoms with E-state index in [0.717, 1.165) is 53.8 Å². The lowest BCUT2D eigenvalue weighted by atomic mass is 9.91. The minimum Gasteiger partial charge on any atom is -0.493 e. The van der Waals surface area contributed by atoms with Crippen LogP contribution in [-0.2, 0) is 0 Å². The van der Waals surface area contributed by atoms with E-state index in [1.54, 1.807) is 12.1 Å². The van der Waals surface area contributed by atoms with E-state index in [-0.39, 0.29) is 36.6 Å². The highest BCUT2D eigenvalue weighted by molar-refractivity contribution is 5.88. The third-order valence-electron chi connectivity index (χ3n) is 5.45. The van der Waals surface area contributed by atoms with Crippen LogP contribution in [0.2, 0.25) is 0 Å². The van der Waals surface area contributed by atoms with Gasteiger partial charge in [-0.3, -0.25) is 4.90 Å². The Kier molecular flexibility index (Phi) is 9.67. The highest BCUT2D eigenvalue weighted by Crippen LogP contribution is 2.40. The summed E-state index contributed by atoms with van der Waals surface area (Å²) in [6, 6.07) is 18.2. The van der Waals surface area contributed by atoms with Crippen molar-refractivity contribution in [2.75, 3.05) is 32.8 Å². The van der Waals surface area contributed by atoms with Crippen molar-refractivity contribution in [2.45, 2.75) is 19.3 Å². The van der Waals surface area contributed by atoms with E-state index in [2.05, 4.69) is 27.1 Å². The maximum Gasteiger partial charge on any atom is 0.573 e. The summed E-state index contributed by atoms with van der Waals surface area (Å²) in [7, 11) is 0. The van der Waals surface area contributed by atoms with Crippen LogP contribution >= 0.6 is 24.8 Å². The number of nitrogens with one attached hydrogen (secondary N) is 1. The van der Waals surface area contributed by atoms with Gasteiger partial charge in [0.1, 0.15) is 11.5 Å². The van der Waals surface area contributed by atoms with Crippen LogP contribution in [0.4, 0.5) is 13.2 Å². The molecular weight excluding hydrogens is 476 g/mol. The third kappa shape index (κ3) is 6.44. The van der Waals surface area contributed by atoms with E-state index >= 15 is 0 Å². The Morgan fingerprint density at radius 1 is 0.939 bits per heavy atom. The molecule has 1 atom stereocenters. The van der Waals surface area contributed by atoms with Crippen molar-refractivity contribution in [3.63, 3.8) is 0 Å². The largest absolute Gasteiger partial charge is 0.573 e. The summed E-state index contributed by atoms with van der Waals surface area (Å²) >= 11 is 0. The monoisotopic (exact) mass is 502 g/mol. The number of halogens is 5. The molecule has 33 heavy (non-hydrogen) atoms. The lowest BCUT2D eigenvalue weighted by Crippen LogP contribution is -2.45. The van der Waals surface area contributed by atoms with Gasteiger partial charge in [0.05, 0.1) is 12.6 Å². The molecule has 3 aromatic rings. The number of ether oxygens (including phenoxy) is 2. The fourth-order valence-electron chi connectivity index (χ4n) is 4.19. The van der Waals surface area contributed by atoms with Gasteiger partial charge >= 0.3 is 6.36 Å². The predicted molar refractivity (Wildman–Crippen MR) is 129 cm³/mol. The summed E-state index contributed by atoms with van der Waals surface area (Å²) in [6.07, 6.45) is -4.71. The third-order valence-corrected chi connectivity index (χ3v) is 5.45. The number of nitrogens with zero attached hydrogens (tertiary/aromatic N) is 1. The van der Waals surface area contributed by atoms with Crippen LogP contribution in [-0.4, -0.2) is 44.0 Å². The van der Waals surface area contributed by atoms with Gasteiger partial charge in [-0.1, -0.05) is 42.5 Å². The van der Waals surface area contributed by atoms with Gasteiger partial charge in [-0.15, -0.1) is 38.0 Å². The van der Waals surface area contributed by atoms with E-state index in [4.69, 9.17) is 4.74 Å². The summed E-state index contributed by atoms with van der Waals surface area (Å²) in [5.74, 6) is 0.568. The zero-order chi connectivity index (χ0) is 21.8. The Morgan fingerprint density at radius 2 is 1.61 bits per heavy atom. The molecule has 0 saturated carbocycles. The van der Waals surface area contributed by atoms with E-state index in [0.29, 0.717) is 6.61 Å². The SMILES string of the molecule is CCOc1ccc2ccccc2c1[C@H](c1ccc(OC(F)(F)F)cc1)N1CCNCC1.Cl.Cl. The van der Waals surface area contributed by atoms with Crippen molar-refractivity contribution in [3.8, 4) is 11.5 Å². The first-order valence-electron chi connectivity index (χ1n) is 10.4. The van der Waals surface area contributed by atoms with Gasteiger partial charge in [-0.2, -0.15) is 0 Å². The van der Waals surface area contributed by atoms with Crippen LogP contribution in [0.25, 0.3) is 10.8 Å². The normalized spacial score (nSPS) is 15.3. The summed E-state index contributed by atoms with van der Waals surface area (Å²) in [5.41, 5.74) is 1.93. The smallest absolute Gasteiger partial charge is 0.493 e. The van der Waals surface area contributed by atoms with Crippen molar-refractivity contribution in [1.82, 2.24) is 10.2 Å². The highest BCUT2D eigenvalue weighted by atomic mass is 35.5. The van der Waals surface area contributed by atoms with Gasteiger partial charge in [0.25, 0.3) is 0 Å². The second-order valence-corrected chi connectivity index (χ2v) is 7.44. The van der Waals surface area contributed by atoms with Crippen molar-refractivity contribution >= 4 is 35.6 Å². The summed E-state index contributed by atoms with van der Waals surface area (Å²) in [4.78, 5) is 2.35. The molecule has 3 aromatic carbocycles. The van der Waals surface area contributed by atoms with Crippen molar-refractivity contribution in [2.24, 2.45) is 0 Å². The molecule has 0 spiro atoms. The van der Waals surface area contributed by atoms with Gasteiger partial charge in [-0.25, -0.2) is 0 Å². The van der Waals surface area contributed by atoms with Crippen LogP contribution in [0.15, 0.2) is 60.7 Å². The molecule has 4 rings (SSSR count). The lowest BCUT2D eigenvalue weighted by molar-refractivity contribution is -0.274. The van der Waals surface area contributed by atoms with Crippen molar-refractivity contribution < 1.29 is 22.6 Å². The average Bonchev–Trinajstić information content (AvgIpc) is 2.76. The first-order valence-corrected chi connectivity index (χ1v) is 10.4. The molecule has 0 radical (unpaired) electrons. The maximum atomic E-state index is 12.6. The average molecular weight is 503 g/mol. The number of hydrogen-bond donors (Lipinski definition) is 1. The number of benzene rings is 3. The number of hydrogen-bond acceptors (Lipinski definition) is 4. The number of alkyl halides is 3. The molecule has 0 aromatic heterocycles. The van der Waals surface area contributed by atoms with Crippen LogP contribution in [0.3, 0.4) is 0 Å². The van der Waals surface area contributed by atoms with Crippen LogP contribution in [0.5, 0.6) is 11.5 Å². The van der Waals surface area contributed by atoms with E-state index in [1.165, 1.54) is 12.1 Å². The molecular formula is C24H27Cl2F3N2O2. The van der Waals surface area contributed by atoms with Gasteiger partial charge in [0, 0.05) is 31.7 Å². The van der Waals surface area contributed by atoms with Crippen LogP contribution < -0.4 is 14.8 Å². The quantitative estimate of drug-likeness (QED) is 0.449. The molecule has 9 heteroatoms. The summed E-state index contributed by atoms with van der Waals surface area (Å²) in [5, 5.41) is 5.54. The fraction of sp³-hybridized carbons (Fsp3) is 0.333. The van der Waals surface area contributed by atoms with E-state index in [1.807, 2.05) is 31.2 Å². The zero-order valence-corrected chi connectivity index (χ0v) is 19.7. The zero-order valence-electron chi connectivity index (χ0n) is 18.1.